The van der Waals surface area contributed by atoms with Gasteiger partial charge in [0.05, 0.1) is 0 Å². The number of rotatable bonds is 2. The second-order valence-electron chi connectivity index (χ2n) is 3.67. The van der Waals surface area contributed by atoms with Gasteiger partial charge in [0.15, 0.2) is 0 Å². The molecule has 1 N–H and O–H groups in total. The molecule has 0 bridgehead atoms. The number of hydrogen-bond acceptors (Lipinski definition) is 4. The van der Waals surface area contributed by atoms with E-state index in [0.29, 0.717) is 5.56 Å². The molecule has 0 saturated heterocycles. The maximum absolute atomic E-state index is 10.5. The van der Waals surface area contributed by atoms with Gasteiger partial charge in [0, 0.05) is 5.56 Å². The van der Waals surface area contributed by atoms with E-state index < -0.39 is 0 Å². The van der Waals surface area contributed by atoms with E-state index in [1.807, 2.05) is 42.5 Å². The van der Waals surface area contributed by atoms with E-state index in [1.165, 1.54) is 11.9 Å². The van der Waals surface area contributed by atoms with Crippen molar-refractivity contribution in [2.45, 2.75) is 0 Å². The highest BCUT2D eigenvalue weighted by molar-refractivity contribution is 5.76. The summed E-state index contributed by atoms with van der Waals surface area (Å²) in [7, 11) is 0. The van der Waals surface area contributed by atoms with Crippen molar-refractivity contribution in [1.29, 1.82) is 0 Å². The Morgan fingerprint density at radius 3 is 2.05 bits per heavy atom. The van der Waals surface area contributed by atoms with Crippen LogP contribution < -0.4 is 0 Å². The summed E-state index contributed by atoms with van der Waals surface area (Å²) in [6.45, 7) is 0. The van der Waals surface area contributed by atoms with Crippen LogP contribution in [0.5, 0.6) is 0 Å². The van der Waals surface area contributed by atoms with E-state index in [0.717, 1.165) is 11.8 Å². The van der Waals surface area contributed by atoms with Crippen LogP contribution in [0.2, 0.25) is 0 Å². The number of carbonyl (C=O) groups is 1. The number of hydrogen-bond donors (Lipinski definition) is 1. The number of nitrogens with one attached hydrogen (secondary N) is 1. The van der Waals surface area contributed by atoms with Crippen molar-refractivity contribution in [1.82, 2.24) is 20.6 Å². The number of tetrazole rings is 1. The van der Waals surface area contributed by atoms with Gasteiger partial charge in [-0.05, 0) is 21.6 Å². The molecule has 0 radical (unpaired) electrons. The average molecular weight is 252 g/mol. The molecule has 5 heteroatoms. The molecule has 3 aromatic rings. The van der Waals surface area contributed by atoms with Crippen LogP contribution in [0, 0.1) is 0 Å². The molecular formula is C14H12N4O. The van der Waals surface area contributed by atoms with E-state index in [-0.39, 0.29) is 0 Å². The van der Waals surface area contributed by atoms with E-state index in [4.69, 9.17) is 0 Å². The molecule has 3 rings (SSSR count). The van der Waals surface area contributed by atoms with Gasteiger partial charge in [-0.15, -0.1) is 5.10 Å². The average Bonchev–Trinajstić information content (AvgIpc) is 3.08. The van der Waals surface area contributed by atoms with Crippen LogP contribution >= 0.6 is 0 Å². The molecule has 0 aliphatic carbocycles. The summed E-state index contributed by atoms with van der Waals surface area (Å²) < 4.78 is 0. The molecule has 0 atom stereocenters. The minimum Gasteiger partial charge on any atom is -0.298 e. The molecule has 0 aliphatic heterocycles. The lowest BCUT2D eigenvalue weighted by Gasteiger charge is -2.00. The van der Waals surface area contributed by atoms with Crippen LogP contribution in [-0.4, -0.2) is 26.9 Å². The zero-order chi connectivity index (χ0) is 13.3. The van der Waals surface area contributed by atoms with Gasteiger partial charge in [-0.1, -0.05) is 54.6 Å². The first kappa shape index (κ1) is 12.6. The van der Waals surface area contributed by atoms with Crippen LogP contribution in [0.1, 0.15) is 10.4 Å². The van der Waals surface area contributed by atoms with Crippen LogP contribution in [0.25, 0.3) is 11.1 Å². The van der Waals surface area contributed by atoms with Crippen LogP contribution in [0.4, 0.5) is 0 Å². The number of H-pyrrole nitrogens is 1. The molecule has 0 spiro atoms. The van der Waals surface area contributed by atoms with Crippen molar-refractivity contribution in [3.8, 4) is 11.1 Å². The monoisotopic (exact) mass is 252 g/mol. The van der Waals surface area contributed by atoms with Crippen molar-refractivity contribution < 1.29 is 4.79 Å². The molecular weight excluding hydrogens is 240 g/mol. The lowest BCUT2D eigenvalue weighted by Crippen LogP contribution is -1.80. The molecule has 1 heterocycles. The number of benzene rings is 2. The standard InChI is InChI=1S/C13H10O.CH2N4/c14-10-11-6-8-13(9-7-11)12-4-2-1-3-5-12;1-2-4-5-3-1/h1-10H;1H,(H,2,3,4,5). The summed E-state index contributed by atoms with van der Waals surface area (Å²) in [6, 6.07) is 17.7. The Kier molecular flexibility index (Phi) is 4.52. The van der Waals surface area contributed by atoms with Gasteiger partial charge in [0.25, 0.3) is 0 Å². The van der Waals surface area contributed by atoms with E-state index in [1.54, 1.807) is 0 Å². The fraction of sp³-hybridized carbons (Fsp3) is 0. The minimum atomic E-state index is 0.713. The topological polar surface area (TPSA) is 71.5 Å². The van der Waals surface area contributed by atoms with Gasteiger partial charge in [-0.2, -0.15) is 0 Å². The third-order valence-corrected chi connectivity index (χ3v) is 2.42. The number of aromatic amines is 1. The summed E-state index contributed by atoms with van der Waals surface area (Å²) in [5.41, 5.74) is 3.02. The molecule has 0 aliphatic rings. The Morgan fingerprint density at radius 1 is 0.895 bits per heavy atom. The Hall–Kier alpha value is -2.82. The highest BCUT2D eigenvalue weighted by Crippen LogP contribution is 2.18. The fourth-order valence-corrected chi connectivity index (χ4v) is 1.51. The van der Waals surface area contributed by atoms with Gasteiger partial charge in [-0.25, -0.2) is 5.10 Å². The molecule has 0 fully saturated rings. The lowest BCUT2D eigenvalue weighted by molar-refractivity contribution is 0.112. The number of aldehydes is 1. The summed E-state index contributed by atoms with van der Waals surface area (Å²) in [5, 5.41) is 12.1. The maximum atomic E-state index is 10.5. The Bertz CT molecular complexity index is 574. The van der Waals surface area contributed by atoms with Gasteiger partial charge >= 0.3 is 0 Å². The third-order valence-electron chi connectivity index (χ3n) is 2.42. The number of aromatic nitrogens is 4. The second kappa shape index (κ2) is 6.80. The highest BCUT2D eigenvalue weighted by Gasteiger charge is 1.95. The Morgan fingerprint density at radius 2 is 1.58 bits per heavy atom. The summed E-state index contributed by atoms with van der Waals surface area (Å²) in [5.74, 6) is 0. The zero-order valence-electron chi connectivity index (χ0n) is 10.1. The predicted molar refractivity (Wildman–Crippen MR) is 71.4 cm³/mol. The van der Waals surface area contributed by atoms with Crippen molar-refractivity contribution in [2.75, 3.05) is 0 Å². The molecule has 5 nitrogen and oxygen atoms in total. The van der Waals surface area contributed by atoms with E-state index in [2.05, 4.69) is 32.8 Å². The third kappa shape index (κ3) is 3.85. The molecule has 94 valence electrons. The zero-order valence-corrected chi connectivity index (χ0v) is 10.1. The maximum Gasteiger partial charge on any atom is 0.150 e. The predicted octanol–water partition coefficient (Wildman–Crippen LogP) is 2.37. The molecule has 1 aromatic heterocycles. The molecule has 2 aromatic carbocycles. The molecule has 0 unspecified atom stereocenters. The second-order valence-corrected chi connectivity index (χ2v) is 3.67. The van der Waals surface area contributed by atoms with Crippen molar-refractivity contribution in [3.05, 3.63) is 66.5 Å². The number of nitrogens with zero attached hydrogens (tertiary/aromatic N) is 3. The van der Waals surface area contributed by atoms with E-state index >= 15 is 0 Å². The van der Waals surface area contributed by atoms with Crippen molar-refractivity contribution >= 4 is 6.29 Å². The van der Waals surface area contributed by atoms with Crippen LogP contribution in [-0.2, 0) is 0 Å². The van der Waals surface area contributed by atoms with Crippen LogP contribution in [0.15, 0.2) is 60.9 Å². The summed E-state index contributed by atoms with van der Waals surface area (Å²) in [6.07, 6.45) is 2.26. The fourth-order valence-electron chi connectivity index (χ4n) is 1.51. The van der Waals surface area contributed by atoms with Gasteiger partial charge < -0.3 is 0 Å². The Labute approximate surface area is 110 Å². The first-order chi connectivity index (χ1) is 9.40. The summed E-state index contributed by atoms with van der Waals surface area (Å²) >= 11 is 0. The van der Waals surface area contributed by atoms with Gasteiger partial charge in [0.1, 0.15) is 12.6 Å². The molecule has 0 amide bonds. The van der Waals surface area contributed by atoms with Crippen LogP contribution in [0.3, 0.4) is 0 Å². The van der Waals surface area contributed by atoms with Gasteiger partial charge in [0.2, 0.25) is 0 Å². The minimum absolute atomic E-state index is 0.713. The first-order valence-corrected chi connectivity index (χ1v) is 5.68. The Balaban J connectivity index is 0.000000224. The quantitative estimate of drug-likeness (QED) is 0.711. The van der Waals surface area contributed by atoms with Crippen molar-refractivity contribution in [3.63, 3.8) is 0 Å². The van der Waals surface area contributed by atoms with E-state index in [9.17, 15) is 4.79 Å². The normalized spacial score (nSPS) is 9.26. The van der Waals surface area contributed by atoms with Gasteiger partial charge in [-0.3, -0.25) is 4.79 Å². The molecule has 19 heavy (non-hydrogen) atoms. The smallest absolute Gasteiger partial charge is 0.150 e. The summed E-state index contributed by atoms with van der Waals surface area (Å²) in [4.78, 5) is 10.5. The highest BCUT2D eigenvalue weighted by atomic mass is 16.1. The SMILES string of the molecule is O=Cc1ccc(-c2ccccc2)cc1.c1nnn[nH]1. The number of carbonyl (C=O) groups excluding carboxylic acids is 1. The molecule has 0 saturated carbocycles. The van der Waals surface area contributed by atoms with Crippen molar-refractivity contribution in [2.24, 2.45) is 0 Å². The lowest BCUT2D eigenvalue weighted by atomic mass is 10.0. The first-order valence-electron chi connectivity index (χ1n) is 5.68. The largest absolute Gasteiger partial charge is 0.298 e.